The van der Waals surface area contributed by atoms with Crippen molar-refractivity contribution in [3.05, 3.63) is 24.0 Å². The van der Waals surface area contributed by atoms with Gasteiger partial charge in [0.15, 0.2) is 0 Å². The Morgan fingerprint density at radius 3 is 2.89 bits per heavy atom. The molecular weight excluding hydrogens is 132 g/mol. The van der Waals surface area contributed by atoms with E-state index in [4.69, 9.17) is 5.73 Å². The van der Waals surface area contributed by atoms with Crippen LogP contribution in [0.1, 0.15) is 13.3 Å². The number of nitrogens with two attached hydrogens (primary N) is 1. The van der Waals surface area contributed by atoms with E-state index in [-0.39, 0.29) is 0 Å². The lowest BCUT2D eigenvalue weighted by molar-refractivity contribution is 1.22. The van der Waals surface area contributed by atoms with Gasteiger partial charge in [0, 0.05) is 12.4 Å². The van der Waals surface area contributed by atoms with Crippen LogP contribution in [0.4, 0.5) is 0 Å². The summed E-state index contributed by atoms with van der Waals surface area (Å²) in [6.07, 6.45) is 6.50. The summed E-state index contributed by atoms with van der Waals surface area (Å²) in [7, 11) is 0. The molecule has 0 heterocycles. The second kappa shape index (κ2) is 5.44. The molecule has 0 amide bonds. The summed E-state index contributed by atoms with van der Waals surface area (Å²) in [5.41, 5.74) is 5.25. The Labute approximate surface area is 60.6 Å². The van der Waals surface area contributed by atoms with Crippen molar-refractivity contribution in [3.63, 3.8) is 0 Å². The van der Waals surface area contributed by atoms with Crippen LogP contribution in [0, 0.1) is 0 Å². The normalized spacial score (nSPS) is 12.3. The summed E-state index contributed by atoms with van der Waals surface area (Å²) in [6, 6.07) is 0. The SMILES string of the molecule is CC/C=C\C=C(\N)N=S. The fourth-order valence-corrected chi connectivity index (χ4v) is 0.394. The van der Waals surface area contributed by atoms with E-state index in [1.165, 1.54) is 0 Å². The minimum Gasteiger partial charge on any atom is -0.383 e. The summed E-state index contributed by atoms with van der Waals surface area (Å²) in [6.45, 7) is 2.05. The average Bonchev–Trinajstić information content (AvgIpc) is 1.89. The third-order valence-electron chi connectivity index (χ3n) is 0.744. The number of nitrogens with zero attached hydrogens (tertiary/aromatic N) is 1. The molecule has 0 radical (unpaired) electrons. The molecule has 0 unspecified atom stereocenters. The standard InChI is InChI=1S/C6H10N2S/c1-2-3-4-5-6(7)8-9/h3-5H,2,7H2,1H3/b4-3-,6-5-. The van der Waals surface area contributed by atoms with Crippen molar-refractivity contribution in [1.29, 1.82) is 0 Å². The van der Waals surface area contributed by atoms with Gasteiger partial charge in [-0.3, -0.25) is 0 Å². The molecule has 0 aliphatic carbocycles. The summed E-state index contributed by atoms with van der Waals surface area (Å²) >= 11 is 4.32. The fourth-order valence-electron chi connectivity index (χ4n) is 0.333. The second-order valence-corrected chi connectivity index (χ2v) is 1.70. The van der Waals surface area contributed by atoms with Gasteiger partial charge in [0.25, 0.3) is 0 Å². The van der Waals surface area contributed by atoms with Crippen LogP contribution in [-0.4, -0.2) is 0 Å². The first-order valence-corrected chi connectivity index (χ1v) is 3.13. The highest BCUT2D eigenvalue weighted by Crippen LogP contribution is 1.86. The van der Waals surface area contributed by atoms with Crippen LogP contribution in [0.3, 0.4) is 0 Å². The van der Waals surface area contributed by atoms with Crippen LogP contribution in [-0.2, 0) is 12.4 Å². The van der Waals surface area contributed by atoms with Crippen molar-refractivity contribution in [2.45, 2.75) is 13.3 Å². The molecule has 0 aromatic heterocycles. The van der Waals surface area contributed by atoms with Crippen LogP contribution in [0.15, 0.2) is 28.4 Å². The van der Waals surface area contributed by atoms with Gasteiger partial charge in [0.2, 0.25) is 0 Å². The zero-order valence-corrected chi connectivity index (χ0v) is 6.19. The predicted molar refractivity (Wildman–Crippen MR) is 41.5 cm³/mol. The molecule has 0 aliphatic heterocycles. The molecule has 0 bridgehead atoms. The molecule has 0 atom stereocenters. The van der Waals surface area contributed by atoms with Crippen LogP contribution < -0.4 is 5.73 Å². The van der Waals surface area contributed by atoms with E-state index in [0.717, 1.165) is 6.42 Å². The van der Waals surface area contributed by atoms with Gasteiger partial charge in [-0.2, -0.15) is 4.36 Å². The third-order valence-corrected chi connectivity index (χ3v) is 0.955. The Kier molecular flexibility index (Phi) is 5.01. The lowest BCUT2D eigenvalue weighted by atomic mass is 10.4. The summed E-state index contributed by atoms with van der Waals surface area (Å²) < 4.78 is 3.33. The van der Waals surface area contributed by atoms with E-state index >= 15 is 0 Å². The predicted octanol–water partition coefficient (Wildman–Crippen LogP) is 1.48. The Hall–Kier alpha value is -0.700. The molecule has 9 heavy (non-hydrogen) atoms. The Morgan fingerprint density at radius 1 is 1.78 bits per heavy atom. The van der Waals surface area contributed by atoms with Crippen molar-refractivity contribution < 1.29 is 0 Å². The molecule has 0 saturated heterocycles. The molecule has 0 rings (SSSR count). The van der Waals surface area contributed by atoms with E-state index < -0.39 is 0 Å². The zero-order chi connectivity index (χ0) is 7.11. The number of allylic oxidation sites excluding steroid dienone is 3. The van der Waals surface area contributed by atoms with Crippen LogP contribution in [0.25, 0.3) is 0 Å². The summed E-state index contributed by atoms with van der Waals surface area (Å²) in [5.74, 6) is 0.384. The fraction of sp³-hybridized carbons (Fsp3) is 0.333. The van der Waals surface area contributed by atoms with Gasteiger partial charge in [-0.1, -0.05) is 19.1 Å². The van der Waals surface area contributed by atoms with Crippen LogP contribution >= 0.6 is 0 Å². The topological polar surface area (TPSA) is 38.4 Å². The summed E-state index contributed by atoms with van der Waals surface area (Å²) in [4.78, 5) is 0. The molecule has 0 aromatic carbocycles. The van der Waals surface area contributed by atoms with E-state index in [9.17, 15) is 0 Å². The molecule has 0 spiro atoms. The molecule has 2 N–H and O–H groups in total. The molecule has 50 valence electrons. The van der Waals surface area contributed by atoms with Gasteiger partial charge >= 0.3 is 0 Å². The van der Waals surface area contributed by atoms with Crippen LogP contribution in [0.5, 0.6) is 0 Å². The van der Waals surface area contributed by atoms with Gasteiger partial charge in [-0.15, -0.1) is 0 Å². The molecule has 2 nitrogen and oxygen atoms in total. The van der Waals surface area contributed by atoms with Gasteiger partial charge in [0.1, 0.15) is 5.82 Å². The Bertz CT molecular complexity index is 138. The maximum atomic E-state index is 5.25. The minimum atomic E-state index is 0.384. The Balaban J connectivity index is 3.68. The Morgan fingerprint density at radius 2 is 2.44 bits per heavy atom. The number of hydrogen-bond donors (Lipinski definition) is 1. The van der Waals surface area contributed by atoms with Crippen molar-refractivity contribution in [2.75, 3.05) is 0 Å². The van der Waals surface area contributed by atoms with Crippen LogP contribution in [0.2, 0.25) is 0 Å². The average molecular weight is 142 g/mol. The van der Waals surface area contributed by atoms with Crippen molar-refractivity contribution in [1.82, 2.24) is 0 Å². The molecule has 0 saturated carbocycles. The molecule has 0 aromatic rings. The summed E-state index contributed by atoms with van der Waals surface area (Å²) in [5, 5.41) is 0. The minimum absolute atomic E-state index is 0.384. The van der Waals surface area contributed by atoms with Gasteiger partial charge in [-0.25, -0.2) is 0 Å². The molecule has 0 fully saturated rings. The highest BCUT2D eigenvalue weighted by atomic mass is 32.1. The number of rotatable bonds is 3. The third kappa shape index (κ3) is 5.17. The number of hydrogen-bond acceptors (Lipinski definition) is 3. The van der Waals surface area contributed by atoms with E-state index in [2.05, 4.69) is 16.8 Å². The van der Waals surface area contributed by atoms with Gasteiger partial charge < -0.3 is 5.73 Å². The highest BCUT2D eigenvalue weighted by molar-refractivity contribution is 7.47. The maximum absolute atomic E-state index is 5.25. The van der Waals surface area contributed by atoms with E-state index in [1.54, 1.807) is 6.08 Å². The quantitative estimate of drug-likeness (QED) is 0.606. The van der Waals surface area contributed by atoms with E-state index in [1.807, 2.05) is 19.1 Å². The van der Waals surface area contributed by atoms with Crippen molar-refractivity contribution in [2.24, 2.45) is 10.1 Å². The van der Waals surface area contributed by atoms with Gasteiger partial charge in [-0.05, 0) is 12.5 Å². The first kappa shape index (κ1) is 8.30. The maximum Gasteiger partial charge on any atom is 0.137 e. The molecule has 3 heteroatoms. The first-order valence-electron chi connectivity index (χ1n) is 2.77. The van der Waals surface area contributed by atoms with Gasteiger partial charge in [0.05, 0.1) is 0 Å². The van der Waals surface area contributed by atoms with Crippen molar-refractivity contribution in [3.8, 4) is 0 Å². The monoisotopic (exact) mass is 142 g/mol. The molecule has 0 aliphatic rings. The lowest BCUT2D eigenvalue weighted by Crippen LogP contribution is -1.89. The zero-order valence-electron chi connectivity index (χ0n) is 5.37. The lowest BCUT2D eigenvalue weighted by Gasteiger charge is -1.81. The van der Waals surface area contributed by atoms with E-state index in [0.29, 0.717) is 5.82 Å². The smallest absolute Gasteiger partial charge is 0.137 e. The highest BCUT2D eigenvalue weighted by Gasteiger charge is 1.74. The second-order valence-electron chi connectivity index (χ2n) is 1.52. The van der Waals surface area contributed by atoms with Crippen molar-refractivity contribution >= 4 is 12.4 Å². The largest absolute Gasteiger partial charge is 0.383 e. The molecular formula is C6H10N2S. The first-order chi connectivity index (χ1) is 4.31.